The van der Waals surface area contributed by atoms with Crippen molar-refractivity contribution in [3.63, 3.8) is 0 Å². The van der Waals surface area contributed by atoms with Crippen LogP contribution in [0.3, 0.4) is 0 Å². The largest absolute Gasteiger partial charge is 0.207 e. The molecule has 0 aliphatic heterocycles. The molecule has 0 radical (unpaired) electrons. The first-order valence-corrected chi connectivity index (χ1v) is 3.92. The van der Waals surface area contributed by atoms with E-state index in [1.807, 2.05) is 6.07 Å². The average molecular weight is 184 g/mol. The van der Waals surface area contributed by atoms with E-state index in [0.717, 1.165) is 5.56 Å². The van der Waals surface area contributed by atoms with Gasteiger partial charge >= 0.3 is 0 Å². The summed E-state index contributed by atoms with van der Waals surface area (Å²) in [7, 11) is 0. The summed E-state index contributed by atoms with van der Waals surface area (Å²) in [5.41, 5.74) is 0.765. The number of rotatable bonds is 2. The van der Waals surface area contributed by atoms with Crippen molar-refractivity contribution in [2.24, 2.45) is 0 Å². The number of nitriles is 1. The van der Waals surface area contributed by atoms with Crippen molar-refractivity contribution in [1.29, 1.82) is 5.26 Å². The molecule has 0 saturated heterocycles. The highest BCUT2D eigenvalue weighted by Crippen LogP contribution is 2.14. The molecule has 1 aromatic rings. The van der Waals surface area contributed by atoms with Crippen LogP contribution in [0.1, 0.15) is 12.0 Å². The van der Waals surface area contributed by atoms with E-state index in [1.54, 1.807) is 6.07 Å². The van der Waals surface area contributed by atoms with E-state index in [4.69, 9.17) is 16.9 Å². The first kappa shape index (κ1) is 9.02. The molecular weight excluding hydrogens is 177 g/mol. The highest BCUT2D eigenvalue weighted by Gasteiger charge is 1.98. The quantitative estimate of drug-likeness (QED) is 0.692. The van der Waals surface area contributed by atoms with Gasteiger partial charge < -0.3 is 0 Å². The van der Waals surface area contributed by atoms with E-state index >= 15 is 0 Å². The summed E-state index contributed by atoms with van der Waals surface area (Å²) >= 11 is 5.61. The lowest BCUT2D eigenvalue weighted by Crippen LogP contribution is -1.85. The van der Waals surface area contributed by atoms with Gasteiger partial charge in [0.25, 0.3) is 0 Å². The highest BCUT2D eigenvalue weighted by atomic mass is 35.5. The maximum absolute atomic E-state index is 12.7. The smallest absolute Gasteiger partial charge is 0.124 e. The van der Waals surface area contributed by atoms with E-state index in [9.17, 15) is 4.39 Å². The van der Waals surface area contributed by atoms with Crippen LogP contribution in [0, 0.1) is 17.1 Å². The van der Waals surface area contributed by atoms with Gasteiger partial charge in [0.05, 0.1) is 6.07 Å². The van der Waals surface area contributed by atoms with E-state index in [2.05, 4.69) is 0 Å². The van der Waals surface area contributed by atoms with Crippen LogP contribution in [0.4, 0.5) is 4.39 Å². The third kappa shape index (κ3) is 2.52. The van der Waals surface area contributed by atoms with E-state index in [0.29, 0.717) is 17.9 Å². The van der Waals surface area contributed by atoms with Crippen molar-refractivity contribution < 1.29 is 4.39 Å². The predicted molar refractivity (Wildman–Crippen MR) is 45.3 cm³/mol. The fraction of sp³-hybridized carbons (Fsp3) is 0.222. The molecule has 62 valence electrons. The van der Waals surface area contributed by atoms with Gasteiger partial charge in [0.1, 0.15) is 5.82 Å². The Morgan fingerprint density at radius 2 is 2.17 bits per heavy atom. The lowest BCUT2D eigenvalue weighted by molar-refractivity contribution is 0.625. The summed E-state index contributed by atoms with van der Waals surface area (Å²) in [6.07, 6.45) is 0.938. The minimum atomic E-state index is -0.351. The predicted octanol–water partition coefficient (Wildman–Crippen LogP) is 2.94. The van der Waals surface area contributed by atoms with E-state index in [1.165, 1.54) is 12.1 Å². The average Bonchev–Trinajstić information content (AvgIpc) is 1.99. The molecule has 0 aliphatic rings. The summed E-state index contributed by atoms with van der Waals surface area (Å²) < 4.78 is 12.7. The molecule has 0 bridgehead atoms. The second-order valence-corrected chi connectivity index (χ2v) is 2.87. The maximum Gasteiger partial charge on any atom is 0.124 e. The zero-order valence-corrected chi connectivity index (χ0v) is 7.11. The van der Waals surface area contributed by atoms with Gasteiger partial charge in [-0.15, -0.1) is 0 Å². The molecule has 0 spiro atoms. The van der Waals surface area contributed by atoms with Crippen molar-refractivity contribution in [2.75, 3.05) is 0 Å². The number of benzene rings is 1. The molecule has 0 aliphatic carbocycles. The molecule has 3 heteroatoms. The molecule has 0 N–H and O–H groups in total. The minimum Gasteiger partial charge on any atom is -0.207 e. The molecule has 0 unspecified atom stereocenters. The van der Waals surface area contributed by atoms with Gasteiger partial charge in [-0.1, -0.05) is 11.6 Å². The molecule has 0 atom stereocenters. The van der Waals surface area contributed by atoms with Crippen LogP contribution >= 0.6 is 11.6 Å². The standard InChI is InChI=1S/C9H7ClFN/c10-8-4-7(2-1-3-12)5-9(11)6-8/h4-6H,1-2H2. The Morgan fingerprint density at radius 1 is 1.42 bits per heavy atom. The van der Waals surface area contributed by atoms with Crippen LogP contribution in [0.5, 0.6) is 0 Å². The topological polar surface area (TPSA) is 23.8 Å². The second-order valence-electron chi connectivity index (χ2n) is 2.44. The lowest BCUT2D eigenvalue weighted by atomic mass is 10.1. The summed E-state index contributed by atoms with van der Waals surface area (Å²) in [6.45, 7) is 0. The summed E-state index contributed by atoms with van der Waals surface area (Å²) in [5, 5.41) is 8.67. The van der Waals surface area contributed by atoms with Crippen LogP contribution in [0.15, 0.2) is 18.2 Å². The van der Waals surface area contributed by atoms with Crippen LogP contribution in [-0.2, 0) is 6.42 Å². The number of aryl methyl sites for hydroxylation is 1. The second kappa shape index (κ2) is 4.08. The zero-order valence-electron chi connectivity index (χ0n) is 6.35. The number of nitrogens with zero attached hydrogens (tertiary/aromatic N) is 1. The minimum absolute atomic E-state index is 0.351. The normalized spacial score (nSPS) is 9.42. The Kier molecular flexibility index (Phi) is 3.07. The molecule has 1 nitrogen and oxygen atoms in total. The summed E-state index contributed by atoms with van der Waals surface area (Å²) in [5.74, 6) is -0.351. The summed E-state index contributed by atoms with van der Waals surface area (Å²) in [6, 6.07) is 6.30. The number of halogens is 2. The lowest BCUT2D eigenvalue weighted by Gasteiger charge is -1.98. The van der Waals surface area contributed by atoms with Crippen LogP contribution in [0.25, 0.3) is 0 Å². The van der Waals surface area contributed by atoms with E-state index < -0.39 is 0 Å². The van der Waals surface area contributed by atoms with Gasteiger partial charge in [-0.25, -0.2) is 4.39 Å². The fourth-order valence-electron chi connectivity index (χ4n) is 0.956. The monoisotopic (exact) mass is 183 g/mol. The molecule has 1 rings (SSSR count). The van der Waals surface area contributed by atoms with Gasteiger partial charge in [-0.3, -0.25) is 0 Å². The third-order valence-electron chi connectivity index (χ3n) is 1.45. The Bertz CT molecular complexity index is 297. The maximum atomic E-state index is 12.7. The van der Waals surface area contributed by atoms with Gasteiger partial charge in [0.15, 0.2) is 0 Å². The molecule has 0 heterocycles. The van der Waals surface area contributed by atoms with Crippen molar-refractivity contribution in [3.05, 3.63) is 34.6 Å². The molecule has 0 saturated carbocycles. The fourth-order valence-corrected chi connectivity index (χ4v) is 1.20. The van der Waals surface area contributed by atoms with Gasteiger partial charge in [0, 0.05) is 11.4 Å². The van der Waals surface area contributed by atoms with Crippen LogP contribution in [0.2, 0.25) is 5.02 Å². The van der Waals surface area contributed by atoms with Gasteiger partial charge in [0.2, 0.25) is 0 Å². The third-order valence-corrected chi connectivity index (χ3v) is 1.67. The van der Waals surface area contributed by atoms with Crippen molar-refractivity contribution in [1.82, 2.24) is 0 Å². The molecule has 0 fully saturated rings. The van der Waals surface area contributed by atoms with Crippen LogP contribution < -0.4 is 0 Å². The zero-order chi connectivity index (χ0) is 8.97. The number of hydrogen-bond acceptors (Lipinski definition) is 1. The molecule has 0 amide bonds. The first-order chi connectivity index (χ1) is 5.72. The Morgan fingerprint density at radius 3 is 2.75 bits per heavy atom. The number of hydrogen-bond donors (Lipinski definition) is 0. The molecule has 12 heavy (non-hydrogen) atoms. The van der Waals surface area contributed by atoms with E-state index in [-0.39, 0.29) is 5.82 Å². The Balaban J connectivity index is 2.80. The Hall–Kier alpha value is -1.07. The molecular formula is C9H7ClFN. The van der Waals surface area contributed by atoms with Crippen LogP contribution in [-0.4, -0.2) is 0 Å². The Labute approximate surface area is 75.4 Å². The molecule has 0 aromatic heterocycles. The van der Waals surface area contributed by atoms with Crippen molar-refractivity contribution in [3.8, 4) is 6.07 Å². The van der Waals surface area contributed by atoms with Gasteiger partial charge in [-0.05, 0) is 30.2 Å². The van der Waals surface area contributed by atoms with Crippen molar-refractivity contribution in [2.45, 2.75) is 12.8 Å². The van der Waals surface area contributed by atoms with Gasteiger partial charge in [-0.2, -0.15) is 5.26 Å². The highest BCUT2D eigenvalue weighted by molar-refractivity contribution is 6.30. The molecule has 1 aromatic carbocycles. The van der Waals surface area contributed by atoms with Crippen molar-refractivity contribution >= 4 is 11.6 Å². The first-order valence-electron chi connectivity index (χ1n) is 3.54. The SMILES string of the molecule is N#CCCc1cc(F)cc(Cl)c1. The summed E-state index contributed by atoms with van der Waals surface area (Å²) in [4.78, 5) is 0.